The van der Waals surface area contributed by atoms with Crippen LogP contribution in [0.2, 0.25) is 0 Å². The molecule has 0 fully saturated rings. The van der Waals surface area contributed by atoms with Crippen molar-refractivity contribution < 1.29 is 5.11 Å². The topological polar surface area (TPSA) is 50.9 Å². The molecule has 0 bridgehead atoms. The van der Waals surface area contributed by atoms with E-state index in [4.69, 9.17) is 0 Å². The summed E-state index contributed by atoms with van der Waals surface area (Å²) in [6.45, 7) is 4.12. The van der Waals surface area contributed by atoms with Crippen LogP contribution in [0.5, 0.6) is 0 Å². The van der Waals surface area contributed by atoms with Crippen molar-refractivity contribution in [3.63, 3.8) is 0 Å². The molecule has 4 heteroatoms. The summed E-state index contributed by atoms with van der Waals surface area (Å²) in [6.07, 6.45) is 2.97. The van der Waals surface area contributed by atoms with Crippen molar-refractivity contribution in [2.75, 3.05) is 0 Å². The monoisotopic (exact) mass is 259 g/mol. The third-order valence-corrected chi connectivity index (χ3v) is 3.20. The van der Waals surface area contributed by atoms with Gasteiger partial charge in [0.1, 0.15) is 12.4 Å². The maximum absolute atomic E-state index is 9.26. The van der Waals surface area contributed by atoms with Gasteiger partial charge in [0.2, 0.25) is 0 Å². The van der Waals surface area contributed by atoms with E-state index in [1.54, 1.807) is 0 Å². The van der Waals surface area contributed by atoms with Crippen molar-refractivity contribution in [2.24, 2.45) is 0 Å². The maximum Gasteiger partial charge on any atom is 0.159 e. The second-order valence-corrected chi connectivity index (χ2v) is 4.99. The largest absolute Gasteiger partial charge is 0.388 e. The molecule has 1 aromatic carbocycles. The van der Waals surface area contributed by atoms with Gasteiger partial charge in [0, 0.05) is 12.5 Å². The van der Waals surface area contributed by atoms with E-state index in [1.165, 1.54) is 5.56 Å². The minimum Gasteiger partial charge on any atom is -0.388 e. The molecule has 1 aromatic heterocycles. The van der Waals surface area contributed by atoms with E-state index < -0.39 is 0 Å². The van der Waals surface area contributed by atoms with Crippen LogP contribution in [0.15, 0.2) is 30.3 Å². The highest BCUT2D eigenvalue weighted by atomic mass is 16.3. The lowest BCUT2D eigenvalue weighted by Crippen LogP contribution is -2.10. The summed E-state index contributed by atoms with van der Waals surface area (Å²) in [4.78, 5) is 0. The van der Waals surface area contributed by atoms with E-state index in [0.717, 1.165) is 25.1 Å². The molecule has 0 aliphatic rings. The lowest BCUT2D eigenvalue weighted by Gasteiger charge is -2.12. The first kappa shape index (κ1) is 13.7. The maximum atomic E-state index is 9.26. The van der Waals surface area contributed by atoms with Gasteiger partial charge >= 0.3 is 0 Å². The highest BCUT2D eigenvalue weighted by Gasteiger charge is 2.13. The van der Waals surface area contributed by atoms with Crippen molar-refractivity contribution >= 4 is 0 Å². The third kappa shape index (κ3) is 3.41. The lowest BCUT2D eigenvalue weighted by molar-refractivity contribution is 0.261. The number of hydrogen-bond donors (Lipinski definition) is 1. The Morgan fingerprint density at radius 1 is 1.05 bits per heavy atom. The van der Waals surface area contributed by atoms with Crippen molar-refractivity contribution in [3.8, 4) is 0 Å². The van der Waals surface area contributed by atoms with Crippen LogP contribution in [0.3, 0.4) is 0 Å². The molecule has 19 heavy (non-hydrogen) atoms. The molecule has 0 saturated carbocycles. The Kier molecular flexibility index (Phi) is 4.68. The summed E-state index contributed by atoms with van der Waals surface area (Å²) in [5.74, 6) is 1.62. The number of benzene rings is 1. The molecule has 102 valence electrons. The fourth-order valence-electron chi connectivity index (χ4n) is 2.33. The number of rotatable bonds is 6. The van der Waals surface area contributed by atoms with E-state index in [9.17, 15) is 5.11 Å². The molecule has 0 aliphatic carbocycles. The zero-order valence-electron chi connectivity index (χ0n) is 11.6. The van der Waals surface area contributed by atoms with Crippen LogP contribution in [0.25, 0.3) is 0 Å². The summed E-state index contributed by atoms with van der Waals surface area (Å²) < 4.78 is 2.03. The number of aliphatic hydroxyl groups excluding tert-OH is 1. The Bertz CT molecular complexity index is 505. The fourth-order valence-corrected chi connectivity index (χ4v) is 2.33. The van der Waals surface area contributed by atoms with Crippen LogP contribution in [0, 0.1) is 0 Å². The fraction of sp³-hybridized carbons (Fsp3) is 0.467. The Balaban J connectivity index is 1.98. The zero-order chi connectivity index (χ0) is 13.7. The summed E-state index contributed by atoms with van der Waals surface area (Å²) >= 11 is 0. The van der Waals surface area contributed by atoms with Gasteiger partial charge < -0.3 is 9.67 Å². The first-order chi connectivity index (χ1) is 9.22. The molecular weight excluding hydrogens is 238 g/mol. The van der Waals surface area contributed by atoms with Gasteiger partial charge in [-0.15, -0.1) is 10.2 Å². The summed E-state index contributed by atoms with van der Waals surface area (Å²) in [5, 5.41) is 17.5. The molecule has 0 spiro atoms. The first-order valence-electron chi connectivity index (χ1n) is 6.79. The Morgan fingerprint density at radius 3 is 2.37 bits per heavy atom. The van der Waals surface area contributed by atoms with Crippen LogP contribution in [0.4, 0.5) is 0 Å². The standard InChI is InChI=1S/C15H21N3O/c1-12(2)18-14(16-17-15(18)11-19)10-6-9-13-7-4-3-5-8-13/h3-5,7-8,12,19H,6,9-11H2,1-2H3. The summed E-state index contributed by atoms with van der Waals surface area (Å²) in [7, 11) is 0. The van der Waals surface area contributed by atoms with Crippen molar-refractivity contribution in [1.29, 1.82) is 0 Å². The van der Waals surface area contributed by atoms with E-state index in [-0.39, 0.29) is 12.6 Å². The molecule has 1 heterocycles. The number of hydrogen-bond acceptors (Lipinski definition) is 3. The average molecular weight is 259 g/mol. The highest BCUT2D eigenvalue weighted by molar-refractivity contribution is 5.14. The Hall–Kier alpha value is -1.68. The molecule has 0 aliphatic heterocycles. The van der Waals surface area contributed by atoms with Gasteiger partial charge in [-0.25, -0.2) is 0 Å². The number of aryl methyl sites for hydroxylation is 2. The van der Waals surface area contributed by atoms with Gasteiger partial charge in [0.25, 0.3) is 0 Å². The minimum absolute atomic E-state index is 0.0517. The number of aliphatic hydroxyl groups is 1. The van der Waals surface area contributed by atoms with E-state index in [2.05, 4.69) is 48.3 Å². The molecule has 0 radical (unpaired) electrons. The normalized spacial score (nSPS) is 11.2. The molecule has 0 atom stereocenters. The molecule has 0 amide bonds. The second-order valence-electron chi connectivity index (χ2n) is 4.99. The Labute approximate surface area is 114 Å². The molecular formula is C15H21N3O. The van der Waals surface area contributed by atoms with Gasteiger partial charge in [-0.3, -0.25) is 0 Å². The average Bonchev–Trinajstić information content (AvgIpc) is 2.83. The van der Waals surface area contributed by atoms with E-state index >= 15 is 0 Å². The van der Waals surface area contributed by atoms with Crippen LogP contribution in [-0.2, 0) is 19.4 Å². The van der Waals surface area contributed by atoms with Crippen molar-refractivity contribution in [3.05, 3.63) is 47.5 Å². The van der Waals surface area contributed by atoms with Gasteiger partial charge in [0.15, 0.2) is 5.82 Å². The van der Waals surface area contributed by atoms with E-state index in [0.29, 0.717) is 5.82 Å². The first-order valence-corrected chi connectivity index (χ1v) is 6.79. The molecule has 4 nitrogen and oxygen atoms in total. The molecule has 2 rings (SSSR count). The van der Waals surface area contributed by atoms with Gasteiger partial charge in [-0.05, 0) is 32.3 Å². The predicted molar refractivity (Wildman–Crippen MR) is 74.8 cm³/mol. The van der Waals surface area contributed by atoms with Crippen LogP contribution < -0.4 is 0 Å². The SMILES string of the molecule is CC(C)n1c(CO)nnc1CCCc1ccccc1. The molecule has 0 saturated heterocycles. The number of nitrogens with zero attached hydrogens (tertiary/aromatic N) is 3. The Morgan fingerprint density at radius 2 is 1.74 bits per heavy atom. The molecule has 1 N–H and O–H groups in total. The molecule has 0 unspecified atom stereocenters. The van der Waals surface area contributed by atoms with Gasteiger partial charge in [0.05, 0.1) is 0 Å². The summed E-state index contributed by atoms with van der Waals surface area (Å²) in [5.41, 5.74) is 1.35. The number of aromatic nitrogens is 3. The predicted octanol–water partition coefficient (Wildman–Crippen LogP) is 2.53. The highest BCUT2D eigenvalue weighted by Crippen LogP contribution is 2.14. The van der Waals surface area contributed by atoms with Crippen LogP contribution >= 0.6 is 0 Å². The molecule has 2 aromatic rings. The minimum atomic E-state index is -0.0517. The smallest absolute Gasteiger partial charge is 0.159 e. The lowest BCUT2D eigenvalue weighted by atomic mass is 10.1. The van der Waals surface area contributed by atoms with Crippen molar-refractivity contribution in [1.82, 2.24) is 14.8 Å². The summed E-state index contributed by atoms with van der Waals surface area (Å²) in [6, 6.07) is 10.7. The quantitative estimate of drug-likeness (QED) is 0.867. The van der Waals surface area contributed by atoms with Crippen LogP contribution in [-0.4, -0.2) is 19.9 Å². The third-order valence-electron chi connectivity index (χ3n) is 3.20. The van der Waals surface area contributed by atoms with Gasteiger partial charge in [-0.2, -0.15) is 0 Å². The van der Waals surface area contributed by atoms with Crippen LogP contribution in [0.1, 0.15) is 43.5 Å². The second kappa shape index (κ2) is 6.48. The van der Waals surface area contributed by atoms with Gasteiger partial charge in [-0.1, -0.05) is 30.3 Å². The van der Waals surface area contributed by atoms with E-state index in [1.807, 2.05) is 10.6 Å². The zero-order valence-corrected chi connectivity index (χ0v) is 11.6. The van der Waals surface area contributed by atoms with Crippen molar-refractivity contribution in [2.45, 2.75) is 45.8 Å².